The van der Waals surface area contributed by atoms with Crippen LogP contribution in [0.15, 0.2) is 10.7 Å². The van der Waals surface area contributed by atoms with E-state index in [1.807, 2.05) is 0 Å². The number of rotatable bonds is 7. The van der Waals surface area contributed by atoms with Gasteiger partial charge in [0.2, 0.25) is 0 Å². The first-order valence-corrected chi connectivity index (χ1v) is 6.10. The van der Waals surface area contributed by atoms with Crippen LogP contribution in [0.5, 0.6) is 0 Å². The van der Waals surface area contributed by atoms with Gasteiger partial charge in [0.15, 0.2) is 0 Å². The SMILES string of the molecule is CCCN(CC)c1nc(CNC(C)C)co1. The molecule has 16 heavy (non-hydrogen) atoms. The molecule has 4 heteroatoms. The maximum Gasteiger partial charge on any atom is 0.297 e. The summed E-state index contributed by atoms with van der Waals surface area (Å²) in [5.74, 6) is 0. The molecule has 0 atom stereocenters. The first-order chi connectivity index (χ1) is 7.67. The van der Waals surface area contributed by atoms with Crippen molar-refractivity contribution >= 4 is 6.01 Å². The summed E-state index contributed by atoms with van der Waals surface area (Å²) in [6, 6.07) is 1.21. The van der Waals surface area contributed by atoms with Crippen LogP contribution in [0, 0.1) is 0 Å². The van der Waals surface area contributed by atoms with Crippen LogP contribution in [0.25, 0.3) is 0 Å². The van der Waals surface area contributed by atoms with Gasteiger partial charge in [0.1, 0.15) is 6.26 Å². The van der Waals surface area contributed by atoms with Crippen molar-refractivity contribution in [3.63, 3.8) is 0 Å². The van der Waals surface area contributed by atoms with Crippen molar-refractivity contribution in [1.82, 2.24) is 10.3 Å². The van der Waals surface area contributed by atoms with Crippen LogP contribution < -0.4 is 10.2 Å². The van der Waals surface area contributed by atoms with Crippen LogP contribution in [0.1, 0.15) is 39.8 Å². The van der Waals surface area contributed by atoms with Crippen LogP contribution in [-0.4, -0.2) is 24.1 Å². The Morgan fingerprint density at radius 3 is 2.75 bits per heavy atom. The molecule has 1 N–H and O–H groups in total. The lowest BCUT2D eigenvalue weighted by Crippen LogP contribution is -2.24. The zero-order valence-electron chi connectivity index (χ0n) is 10.8. The summed E-state index contributed by atoms with van der Waals surface area (Å²) in [5.41, 5.74) is 0.971. The zero-order chi connectivity index (χ0) is 12.0. The summed E-state index contributed by atoms with van der Waals surface area (Å²) in [7, 11) is 0. The van der Waals surface area contributed by atoms with Crippen molar-refractivity contribution in [2.24, 2.45) is 0 Å². The van der Waals surface area contributed by atoms with Gasteiger partial charge >= 0.3 is 0 Å². The highest BCUT2D eigenvalue weighted by atomic mass is 16.4. The molecule has 92 valence electrons. The fourth-order valence-electron chi connectivity index (χ4n) is 1.49. The van der Waals surface area contributed by atoms with E-state index in [0.29, 0.717) is 6.04 Å². The second-order valence-corrected chi connectivity index (χ2v) is 4.24. The lowest BCUT2D eigenvalue weighted by atomic mass is 10.4. The Morgan fingerprint density at radius 1 is 1.44 bits per heavy atom. The fourth-order valence-corrected chi connectivity index (χ4v) is 1.49. The van der Waals surface area contributed by atoms with E-state index >= 15 is 0 Å². The number of hydrogen-bond acceptors (Lipinski definition) is 4. The Balaban J connectivity index is 2.55. The number of oxazole rings is 1. The predicted octanol–water partition coefficient (Wildman–Crippen LogP) is 2.41. The molecule has 0 spiro atoms. The molecule has 0 aliphatic heterocycles. The summed E-state index contributed by atoms with van der Waals surface area (Å²) in [6.45, 7) is 11.2. The third kappa shape index (κ3) is 3.85. The summed E-state index contributed by atoms with van der Waals surface area (Å²) in [5, 5.41) is 3.32. The van der Waals surface area contributed by atoms with Gasteiger partial charge in [0.25, 0.3) is 6.01 Å². The molecule has 0 aliphatic carbocycles. The monoisotopic (exact) mass is 225 g/mol. The minimum atomic E-state index is 0.470. The molecule has 0 saturated heterocycles. The van der Waals surface area contributed by atoms with E-state index in [-0.39, 0.29) is 0 Å². The van der Waals surface area contributed by atoms with Gasteiger partial charge in [-0.1, -0.05) is 20.8 Å². The highest BCUT2D eigenvalue weighted by Crippen LogP contribution is 2.13. The largest absolute Gasteiger partial charge is 0.432 e. The van der Waals surface area contributed by atoms with E-state index in [0.717, 1.165) is 37.8 Å². The zero-order valence-corrected chi connectivity index (χ0v) is 10.8. The first-order valence-electron chi connectivity index (χ1n) is 6.10. The second kappa shape index (κ2) is 6.53. The predicted molar refractivity (Wildman–Crippen MR) is 66.7 cm³/mol. The molecule has 1 aromatic heterocycles. The maximum absolute atomic E-state index is 5.48. The van der Waals surface area contributed by atoms with Crippen LogP contribution in [-0.2, 0) is 6.54 Å². The molecule has 1 heterocycles. The standard InChI is InChI=1S/C12H23N3O/c1-5-7-15(6-2)12-14-11(9-16-12)8-13-10(3)4/h9-10,13H,5-8H2,1-4H3. The van der Waals surface area contributed by atoms with Crippen molar-refractivity contribution in [1.29, 1.82) is 0 Å². The molecule has 0 fully saturated rings. The van der Waals surface area contributed by atoms with Gasteiger partial charge in [-0.2, -0.15) is 4.98 Å². The minimum absolute atomic E-state index is 0.470. The number of hydrogen-bond donors (Lipinski definition) is 1. The van der Waals surface area contributed by atoms with Crippen molar-refractivity contribution in [3.8, 4) is 0 Å². The van der Waals surface area contributed by atoms with Crippen LogP contribution in [0.2, 0.25) is 0 Å². The Morgan fingerprint density at radius 2 is 2.19 bits per heavy atom. The van der Waals surface area contributed by atoms with E-state index in [9.17, 15) is 0 Å². The fraction of sp³-hybridized carbons (Fsp3) is 0.750. The van der Waals surface area contributed by atoms with E-state index in [1.165, 1.54) is 0 Å². The van der Waals surface area contributed by atoms with Gasteiger partial charge in [0, 0.05) is 25.7 Å². The van der Waals surface area contributed by atoms with Gasteiger partial charge in [-0.05, 0) is 13.3 Å². The topological polar surface area (TPSA) is 41.3 Å². The third-order valence-corrected chi connectivity index (χ3v) is 2.38. The van der Waals surface area contributed by atoms with Gasteiger partial charge < -0.3 is 14.6 Å². The molecule has 0 aliphatic rings. The summed E-state index contributed by atoms with van der Waals surface area (Å²) >= 11 is 0. The third-order valence-electron chi connectivity index (χ3n) is 2.38. The molecule has 0 unspecified atom stereocenters. The average Bonchev–Trinajstić information content (AvgIpc) is 2.71. The van der Waals surface area contributed by atoms with E-state index < -0.39 is 0 Å². The van der Waals surface area contributed by atoms with Gasteiger partial charge in [-0.15, -0.1) is 0 Å². The average molecular weight is 225 g/mol. The Hall–Kier alpha value is -1.03. The molecule has 0 aromatic carbocycles. The van der Waals surface area contributed by atoms with E-state index in [2.05, 4.69) is 42.9 Å². The molecule has 1 rings (SSSR count). The molecule has 0 radical (unpaired) electrons. The van der Waals surface area contributed by atoms with Gasteiger partial charge in [0.05, 0.1) is 5.69 Å². The molecule has 0 amide bonds. The Bertz CT molecular complexity index is 296. The van der Waals surface area contributed by atoms with Crippen LogP contribution in [0.4, 0.5) is 6.01 Å². The number of anilines is 1. The molecule has 0 saturated carbocycles. The van der Waals surface area contributed by atoms with Gasteiger partial charge in [-0.3, -0.25) is 0 Å². The Kier molecular flexibility index (Phi) is 5.32. The van der Waals surface area contributed by atoms with Crippen LogP contribution in [0.3, 0.4) is 0 Å². The highest BCUT2D eigenvalue weighted by molar-refractivity contribution is 5.26. The maximum atomic E-state index is 5.48. The van der Waals surface area contributed by atoms with Gasteiger partial charge in [-0.25, -0.2) is 0 Å². The molecular formula is C12H23N3O. The Labute approximate surface area is 98.0 Å². The molecule has 0 bridgehead atoms. The van der Waals surface area contributed by atoms with Crippen LogP contribution >= 0.6 is 0 Å². The first kappa shape index (κ1) is 13.0. The van der Waals surface area contributed by atoms with Crippen molar-refractivity contribution < 1.29 is 4.42 Å². The number of aromatic nitrogens is 1. The molecule has 1 aromatic rings. The highest BCUT2D eigenvalue weighted by Gasteiger charge is 2.10. The quantitative estimate of drug-likeness (QED) is 0.773. The molecular weight excluding hydrogens is 202 g/mol. The second-order valence-electron chi connectivity index (χ2n) is 4.24. The molecule has 4 nitrogen and oxygen atoms in total. The van der Waals surface area contributed by atoms with Crippen molar-refractivity contribution in [3.05, 3.63) is 12.0 Å². The summed E-state index contributed by atoms with van der Waals surface area (Å²) in [4.78, 5) is 6.62. The lowest BCUT2D eigenvalue weighted by molar-refractivity contribution is 0.531. The van der Waals surface area contributed by atoms with Crippen molar-refractivity contribution in [2.45, 2.75) is 46.7 Å². The minimum Gasteiger partial charge on any atom is -0.432 e. The number of nitrogens with zero attached hydrogens (tertiary/aromatic N) is 2. The summed E-state index contributed by atoms with van der Waals surface area (Å²) in [6.07, 6.45) is 2.85. The lowest BCUT2D eigenvalue weighted by Gasteiger charge is -2.16. The summed E-state index contributed by atoms with van der Waals surface area (Å²) < 4.78 is 5.48. The van der Waals surface area contributed by atoms with Crippen molar-refractivity contribution in [2.75, 3.05) is 18.0 Å². The van der Waals surface area contributed by atoms with E-state index in [4.69, 9.17) is 4.42 Å². The van der Waals surface area contributed by atoms with E-state index in [1.54, 1.807) is 6.26 Å². The smallest absolute Gasteiger partial charge is 0.297 e. The normalized spacial score (nSPS) is 11.1. The number of nitrogens with one attached hydrogen (secondary N) is 1.